The second-order valence-corrected chi connectivity index (χ2v) is 9.33. The van der Waals surface area contributed by atoms with Crippen LogP contribution in [0.4, 0.5) is 0 Å². The molecule has 1 amide bonds. The Morgan fingerprint density at radius 1 is 0.914 bits per heavy atom. The molecule has 1 N–H and O–H groups in total. The fourth-order valence-electron chi connectivity index (χ4n) is 4.35. The maximum absolute atomic E-state index is 12.0. The van der Waals surface area contributed by atoms with Crippen LogP contribution >= 0.6 is 0 Å². The summed E-state index contributed by atoms with van der Waals surface area (Å²) < 4.78 is 22.7. The van der Waals surface area contributed by atoms with Crippen molar-refractivity contribution in [2.45, 2.75) is 90.4 Å². The molecule has 8 nitrogen and oxygen atoms in total. The lowest BCUT2D eigenvalue weighted by molar-refractivity contribution is -0.178. The molecule has 0 atom stereocenters. The van der Waals surface area contributed by atoms with Crippen LogP contribution in [0, 0.1) is 0 Å². The molecule has 1 aromatic rings. The summed E-state index contributed by atoms with van der Waals surface area (Å²) in [6.45, 7) is 6.79. The summed E-state index contributed by atoms with van der Waals surface area (Å²) >= 11 is 0. The highest BCUT2D eigenvalue weighted by atomic mass is 16.7. The van der Waals surface area contributed by atoms with Crippen LogP contribution in [0.15, 0.2) is 24.3 Å². The van der Waals surface area contributed by atoms with E-state index in [0.29, 0.717) is 26.1 Å². The summed E-state index contributed by atoms with van der Waals surface area (Å²) in [7, 11) is 0. The molecular formula is C27H41NO7. The largest absolute Gasteiger partial charge is 0.463 e. The zero-order valence-electron chi connectivity index (χ0n) is 21.7. The van der Waals surface area contributed by atoms with E-state index in [1.807, 2.05) is 12.1 Å². The Morgan fingerprint density at radius 3 is 2.00 bits per heavy atom. The average Bonchev–Trinajstić information content (AvgIpc) is 3.30. The number of hydrogen-bond donors (Lipinski definition) is 1. The molecule has 0 bridgehead atoms. The van der Waals surface area contributed by atoms with Crippen LogP contribution in [0.25, 0.3) is 0 Å². The number of carbonyl (C=O) groups is 3. The maximum atomic E-state index is 12.0. The Kier molecular flexibility index (Phi) is 11.7. The van der Waals surface area contributed by atoms with Crippen molar-refractivity contribution >= 4 is 17.8 Å². The van der Waals surface area contributed by atoms with Crippen LogP contribution in [-0.2, 0) is 45.5 Å². The third-order valence-electron chi connectivity index (χ3n) is 6.19. The highest BCUT2D eigenvalue weighted by Crippen LogP contribution is 2.38. The second-order valence-electron chi connectivity index (χ2n) is 9.33. The van der Waals surface area contributed by atoms with E-state index in [1.54, 1.807) is 0 Å². The number of hydrogen-bond acceptors (Lipinski definition) is 7. The van der Waals surface area contributed by atoms with Gasteiger partial charge in [0, 0.05) is 32.8 Å². The van der Waals surface area contributed by atoms with Gasteiger partial charge in [0.25, 0.3) is 0 Å². The first kappa shape index (κ1) is 28.8. The van der Waals surface area contributed by atoms with Crippen molar-refractivity contribution in [3.63, 3.8) is 0 Å². The van der Waals surface area contributed by atoms with E-state index in [1.165, 1.54) is 58.4 Å². The minimum atomic E-state index is -1.11. The highest BCUT2D eigenvalue weighted by Gasteiger charge is 2.43. The van der Waals surface area contributed by atoms with Gasteiger partial charge in [-0.25, -0.2) is 0 Å². The summed E-state index contributed by atoms with van der Waals surface area (Å²) in [6, 6.07) is 8.29. The van der Waals surface area contributed by atoms with Crippen molar-refractivity contribution in [3.05, 3.63) is 35.4 Å². The number of nitrogens with one attached hydrogen (secondary N) is 1. The van der Waals surface area contributed by atoms with Gasteiger partial charge in [0.15, 0.2) is 5.79 Å². The molecule has 196 valence electrons. The topological polar surface area (TPSA) is 100 Å². The second kappa shape index (κ2) is 14.2. The SMILES string of the molecule is CCCCCCCc1ccc(C2(CCC(COC(C)=O)(COC(C)=O)NC(C)=O)OCCO2)cc1. The lowest BCUT2D eigenvalue weighted by atomic mass is 9.89. The Hall–Kier alpha value is -2.45. The molecule has 1 aliphatic heterocycles. The van der Waals surface area contributed by atoms with Gasteiger partial charge in [0.1, 0.15) is 18.8 Å². The predicted octanol–water partition coefficient (Wildman–Crippen LogP) is 4.18. The normalized spacial score (nSPS) is 15.0. The lowest BCUT2D eigenvalue weighted by Crippen LogP contribution is -2.56. The zero-order chi connectivity index (χ0) is 25.7. The maximum Gasteiger partial charge on any atom is 0.302 e. The van der Waals surface area contributed by atoms with Crippen LogP contribution in [0.5, 0.6) is 0 Å². The molecule has 0 spiro atoms. The standard InChI is InChI=1S/C27H41NO7/c1-5-6-7-8-9-10-24-11-13-25(14-12-24)27(34-17-18-35-27)16-15-26(28-21(2)29,19-32-22(3)30)20-33-23(4)31/h11-14H,5-10,15-20H2,1-4H3,(H,28,29). The minimum absolute atomic E-state index is 0.137. The number of aryl methyl sites for hydroxylation is 1. The van der Waals surface area contributed by atoms with Crippen LogP contribution in [-0.4, -0.2) is 49.8 Å². The van der Waals surface area contributed by atoms with Crippen molar-refractivity contribution in [2.75, 3.05) is 26.4 Å². The first-order chi connectivity index (χ1) is 16.7. The van der Waals surface area contributed by atoms with Crippen LogP contribution in [0.3, 0.4) is 0 Å². The molecule has 1 fully saturated rings. The van der Waals surface area contributed by atoms with E-state index < -0.39 is 23.3 Å². The summed E-state index contributed by atoms with van der Waals surface area (Å²) in [4.78, 5) is 35.1. The molecule has 0 aliphatic carbocycles. The lowest BCUT2D eigenvalue weighted by Gasteiger charge is -2.36. The number of unbranched alkanes of at least 4 members (excludes halogenated alkanes) is 4. The van der Waals surface area contributed by atoms with Gasteiger partial charge in [0.2, 0.25) is 5.91 Å². The Morgan fingerprint density at radius 2 is 1.49 bits per heavy atom. The molecule has 1 aliphatic rings. The Labute approximate surface area is 209 Å². The van der Waals surface area contributed by atoms with E-state index in [9.17, 15) is 14.4 Å². The molecule has 35 heavy (non-hydrogen) atoms. The van der Waals surface area contributed by atoms with Crippen molar-refractivity contribution in [1.82, 2.24) is 5.32 Å². The summed E-state index contributed by atoms with van der Waals surface area (Å²) in [5.74, 6) is -2.29. The monoisotopic (exact) mass is 491 g/mol. The smallest absolute Gasteiger partial charge is 0.302 e. The molecule has 8 heteroatoms. The van der Waals surface area contributed by atoms with Crippen LogP contribution in [0.2, 0.25) is 0 Å². The summed E-state index contributed by atoms with van der Waals surface area (Å²) in [5, 5.41) is 2.84. The number of carbonyl (C=O) groups excluding carboxylic acids is 3. The van der Waals surface area contributed by atoms with Gasteiger partial charge in [0.05, 0.1) is 13.2 Å². The Balaban J connectivity index is 2.16. The van der Waals surface area contributed by atoms with Crippen molar-refractivity contribution in [1.29, 1.82) is 0 Å². The Bertz CT molecular complexity index is 797. The van der Waals surface area contributed by atoms with E-state index in [-0.39, 0.29) is 19.1 Å². The number of benzene rings is 1. The zero-order valence-corrected chi connectivity index (χ0v) is 21.7. The number of esters is 2. The molecule has 2 rings (SSSR count). The first-order valence-electron chi connectivity index (χ1n) is 12.6. The van der Waals surface area contributed by atoms with Crippen molar-refractivity contribution in [3.8, 4) is 0 Å². The van der Waals surface area contributed by atoms with E-state index >= 15 is 0 Å². The van der Waals surface area contributed by atoms with Crippen molar-refractivity contribution in [2.24, 2.45) is 0 Å². The van der Waals surface area contributed by atoms with Crippen molar-refractivity contribution < 1.29 is 33.3 Å². The quantitative estimate of drug-likeness (QED) is 0.290. The minimum Gasteiger partial charge on any atom is -0.463 e. The third-order valence-corrected chi connectivity index (χ3v) is 6.19. The van der Waals surface area contributed by atoms with Gasteiger partial charge in [-0.1, -0.05) is 56.9 Å². The molecule has 1 aromatic carbocycles. The van der Waals surface area contributed by atoms with Gasteiger partial charge in [-0.2, -0.15) is 0 Å². The molecular weight excluding hydrogens is 450 g/mol. The molecule has 0 unspecified atom stereocenters. The van der Waals surface area contributed by atoms with Gasteiger partial charge in [-0.05, 0) is 24.8 Å². The first-order valence-corrected chi connectivity index (χ1v) is 12.6. The van der Waals surface area contributed by atoms with Gasteiger partial charge < -0.3 is 24.3 Å². The number of ether oxygens (including phenoxy) is 4. The van der Waals surface area contributed by atoms with E-state index in [4.69, 9.17) is 18.9 Å². The van der Waals surface area contributed by atoms with Crippen LogP contribution < -0.4 is 5.32 Å². The predicted molar refractivity (Wildman–Crippen MR) is 132 cm³/mol. The average molecular weight is 492 g/mol. The molecule has 0 saturated carbocycles. The number of rotatable bonds is 15. The molecule has 0 aromatic heterocycles. The fraction of sp³-hybridized carbons (Fsp3) is 0.667. The van der Waals surface area contributed by atoms with Gasteiger partial charge in [-0.3, -0.25) is 14.4 Å². The van der Waals surface area contributed by atoms with Gasteiger partial charge in [-0.15, -0.1) is 0 Å². The van der Waals surface area contributed by atoms with Gasteiger partial charge >= 0.3 is 11.9 Å². The third kappa shape index (κ3) is 9.61. The summed E-state index contributed by atoms with van der Waals surface area (Å²) in [5.41, 5.74) is 1.06. The highest BCUT2D eigenvalue weighted by molar-refractivity contribution is 5.74. The van der Waals surface area contributed by atoms with E-state index in [0.717, 1.165) is 12.0 Å². The number of amides is 1. The summed E-state index contributed by atoms with van der Waals surface area (Å²) in [6.07, 6.45) is 7.90. The molecule has 1 heterocycles. The van der Waals surface area contributed by atoms with Crippen LogP contribution in [0.1, 0.15) is 83.8 Å². The van der Waals surface area contributed by atoms with E-state index in [2.05, 4.69) is 24.4 Å². The fourth-order valence-corrected chi connectivity index (χ4v) is 4.35. The molecule has 0 radical (unpaired) electrons. The molecule has 1 saturated heterocycles.